The zero-order chi connectivity index (χ0) is 31.0. The number of halogens is 1. The number of ether oxygens (including phenoxy) is 2. The molecule has 0 aromatic heterocycles. The maximum absolute atomic E-state index is 13.6. The summed E-state index contributed by atoms with van der Waals surface area (Å²) < 4.78 is 39.6. The Morgan fingerprint density at radius 1 is 1.02 bits per heavy atom. The van der Waals surface area contributed by atoms with Crippen LogP contribution < -0.4 is 19.2 Å². The number of hydrogen-bond acceptors (Lipinski definition) is 8. The lowest BCUT2D eigenvalue weighted by molar-refractivity contribution is -0.384. The van der Waals surface area contributed by atoms with E-state index in [2.05, 4.69) is 26.5 Å². The number of carbonyl (C=O) groups excluding carboxylic acids is 1. The second-order valence-electron chi connectivity index (χ2n) is 9.22. The van der Waals surface area contributed by atoms with Gasteiger partial charge in [-0.2, -0.15) is 5.10 Å². The van der Waals surface area contributed by atoms with Gasteiger partial charge in [0.15, 0.2) is 0 Å². The van der Waals surface area contributed by atoms with Crippen molar-refractivity contribution in [2.45, 2.75) is 18.4 Å². The maximum Gasteiger partial charge on any atom is 0.269 e. The van der Waals surface area contributed by atoms with E-state index in [-0.39, 0.29) is 17.2 Å². The summed E-state index contributed by atoms with van der Waals surface area (Å²) in [6.45, 7) is 1.60. The van der Waals surface area contributed by atoms with Crippen molar-refractivity contribution >= 4 is 49.4 Å². The summed E-state index contributed by atoms with van der Waals surface area (Å²) in [6, 6.07) is 24.1. The van der Waals surface area contributed by atoms with Crippen LogP contribution in [-0.2, 0) is 21.4 Å². The molecule has 1 amide bonds. The molecule has 222 valence electrons. The molecule has 0 heterocycles. The smallest absolute Gasteiger partial charge is 0.269 e. The molecule has 13 heteroatoms. The van der Waals surface area contributed by atoms with E-state index in [9.17, 15) is 23.3 Å². The van der Waals surface area contributed by atoms with Crippen molar-refractivity contribution in [2.24, 2.45) is 5.10 Å². The van der Waals surface area contributed by atoms with Crippen molar-refractivity contribution in [3.63, 3.8) is 0 Å². The van der Waals surface area contributed by atoms with Crippen LogP contribution in [0.4, 0.5) is 11.4 Å². The molecule has 0 aliphatic carbocycles. The van der Waals surface area contributed by atoms with E-state index in [1.54, 1.807) is 60.7 Å². The number of nitrogens with one attached hydrogen (secondary N) is 1. The number of nitrogens with zero attached hydrogens (tertiary/aromatic N) is 3. The number of amides is 1. The van der Waals surface area contributed by atoms with Crippen molar-refractivity contribution in [3.8, 4) is 11.5 Å². The van der Waals surface area contributed by atoms with Crippen LogP contribution >= 0.6 is 15.9 Å². The van der Waals surface area contributed by atoms with Crippen LogP contribution in [-0.4, -0.2) is 39.1 Å². The van der Waals surface area contributed by atoms with Gasteiger partial charge in [-0.05, 0) is 101 Å². The molecular formula is C30H27BrN4O7S. The van der Waals surface area contributed by atoms with E-state index < -0.39 is 27.4 Å². The number of hydrazone groups is 1. The quantitative estimate of drug-likeness (QED) is 0.118. The molecule has 0 bridgehead atoms. The topological polar surface area (TPSA) is 140 Å². The number of anilines is 1. The average Bonchev–Trinajstić information content (AvgIpc) is 3.00. The molecule has 0 aliphatic heterocycles. The molecule has 0 radical (unpaired) electrons. The Balaban J connectivity index is 1.40. The minimum absolute atomic E-state index is 0.00875. The van der Waals surface area contributed by atoms with Crippen LogP contribution in [0, 0.1) is 17.0 Å². The molecule has 4 aromatic rings. The Labute approximate surface area is 257 Å². The SMILES string of the molecule is COc1ccc(S(=O)(=O)N(CC(=O)N/N=C\c2ccc(OCc3ccc([N+](=O)[O-])cc3)cc2)c2ccc(C)cc2)cc1Br. The van der Waals surface area contributed by atoms with E-state index in [4.69, 9.17) is 9.47 Å². The van der Waals surface area contributed by atoms with Crippen LogP contribution in [0.25, 0.3) is 0 Å². The molecule has 0 spiro atoms. The van der Waals surface area contributed by atoms with Gasteiger partial charge in [-0.3, -0.25) is 19.2 Å². The lowest BCUT2D eigenvalue weighted by Crippen LogP contribution is -2.39. The number of hydrogen-bond donors (Lipinski definition) is 1. The lowest BCUT2D eigenvalue weighted by Gasteiger charge is -2.24. The number of sulfonamides is 1. The number of nitro groups is 1. The minimum Gasteiger partial charge on any atom is -0.496 e. The van der Waals surface area contributed by atoms with Crippen molar-refractivity contribution in [1.82, 2.24) is 5.43 Å². The first-order chi connectivity index (χ1) is 20.6. The largest absolute Gasteiger partial charge is 0.496 e. The molecule has 0 atom stereocenters. The van der Waals surface area contributed by atoms with Crippen molar-refractivity contribution in [2.75, 3.05) is 18.0 Å². The van der Waals surface area contributed by atoms with E-state index in [1.807, 2.05) is 6.92 Å². The second kappa shape index (κ2) is 13.9. The van der Waals surface area contributed by atoms with E-state index in [0.717, 1.165) is 15.4 Å². The molecule has 1 N–H and O–H groups in total. The molecule has 0 aliphatic rings. The summed E-state index contributed by atoms with van der Waals surface area (Å²) in [4.78, 5) is 23.1. The van der Waals surface area contributed by atoms with Crippen LogP contribution in [0.2, 0.25) is 0 Å². The van der Waals surface area contributed by atoms with Gasteiger partial charge in [-0.15, -0.1) is 0 Å². The monoisotopic (exact) mass is 666 g/mol. The molecule has 4 aromatic carbocycles. The predicted octanol–water partition coefficient (Wildman–Crippen LogP) is 5.60. The number of benzene rings is 4. The fourth-order valence-corrected chi connectivity index (χ4v) is 5.98. The molecule has 0 fully saturated rings. The summed E-state index contributed by atoms with van der Waals surface area (Å²) in [5.74, 6) is 0.400. The maximum atomic E-state index is 13.6. The fourth-order valence-electron chi connectivity index (χ4n) is 3.84. The van der Waals surface area contributed by atoms with Crippen LogP contribution in [0.5, 0.6) is 11.5 Å². The predicted molar refractivity (Wildman–Crippen MR) is 166 cm³/mol. The Bertz CT molecular complexity index is 1730. The summed E-state index contributed by atoms with van der Waals surface area (Å²) in [5.41, 5.74) is 5.09. The normalized spacial score (nSPS) is 11.2. The standard InChI is InChI=1S/C30H27BrN4O7S/c1-21-3-9-24(10-4-21)34(43(39,40)27-15-16-29(41-2)28(31)17-27)19-30(36)33-32-18-22-7-13-26(14-8-22)42-20-23-5-11-25(12-6-23)35(37)38/h3-18H,19-20H2,1-2H3,(H,33,36)/b32-18-. The van der Waals surface area contributed by atoms with Gasteiger partial charge in [0.2, 0.25) is 0 Å². The Morgan fingerprint density at radius 2 is 1.70 bits per heavy atom. The number of carbonyl (C=O) groups is 1. The average molecular weight is 668 g/mol. The van der Waals surface area contributed by atoms with Crippen LogP contribution in [0.3, 0.4) is 0 Å². The van der Waals surface area contributed by atoms with Gasteiger partial charge >= 0.3 is 0 Å². The van der Waals surface area contributed by atoms with Gasteiger partial charge in [0.05, 0.1) is 33.3 Å². The van der Waals surface area contributed by atoms with Crippen LogP contribution in [0.15, 0.2) is 105 Å². The number of aryl methyl sites for hydroxylation is 1. The molecule has 11 nitrogen and oxygen atoms in total. The third-order valence-electron chi connectivity index (χ3n) is 6.16. The third-order valence-corrected chi connectivity index (χ3v) is 8.55. The summed E-state index contributed by atoms with van der Waals surface area (Å²) in [5, 5.41) is 14.8. The number of rotatable bonds is 12. The van der Waals surface area contributed by atoms with Gasteiger partial charge in [-0.1, -0.05) is 17.7 Å². The van der Waals surface area contributed by atoms with Crippen LogP contribution in [0.1, 0.15) is 16.7 Å². The summed E-state index contributed by atoms with van der Waals surface area (Å²) in [7, 11) is -2.66. The second-order valence-corrected chi connectivity index (χ2v) is 11.9. The zero-order valence-corrected chi connectivity index (χ0v) is 25.5. The summed E-state index contributed by atoms with van der Waals surface area (Å²) >= 11 is 3.32. The number of methoxy groups -OCH3 is 1. The highest BCUT2D eigenvalue weighted by atomic mass is 79.9. The highest BCUT2D eigenvalue weighted by Crippen LogP contribution is 2.30. The first-order valence-electron chi connectivity index (χ1n) is 12.8. The third kappa shape index (κ3) is 8.17. The van der Waals surface area contributed by atoms with E-state index in [0.29, 0.717) is 27.2 Å². The molecule has 0 saturated carbocycles. The van der Waals surface area contributed by atoms with Gasteiger partial charge in [0.25, 0.3) is 21.6 Å². The first kappa shape index (κ1) is 31.2. The highest BCUT2D eigenvalue weighted by molar-refractivity contribution is 9.10. The van der Waals surface area contributed by atoms with Crippen molar-refractivity contribution in [1.29, 1.82) is 0 Å². The molecule has 4 rings (SSSR count). The van der Waals surface area contributed by atoms with Gasteiger partial charge < -0.3 is 9.47 Å². The van der Waals surface area contributed by atoms with Gasteiger partial charge in [0, 0.05) is 12.1 Å². The molecule has 43 heavy (non-hydrogen) atoms. The Kier molecular flexibility index (Phi) is 10.1. The zero-order valence-electron chi connectivity index (χ0n) is 23.1. The lowest BCUT2D eigenvalue weighted by atomic mass is 10.2. The van der Waals surface area contributed by atoms with Crippen molar-refractivity contribution < 1.29 is 27.6 Å². The van der Waals surface area contributed by atoms with E-state index in [1.165, 1.54) is 43.7 Å². The molecular weight excluding hydrogens is 640 g/mol. The first-order valence-corrected chi connectivity index (χ1v) is 15.0. The fraction of sp³-hybridized carbons (Fsp3) is 0.133. The number of nitro benzene ring substituents is 1. The Morgan fingerprint density at radius 3 is 2.30 bits per heavy atom. The molecule has 0 saturated heterocycles. The molecule has 0 unspecified atom stereocenters. The number of non-ortho nitro benzene ring substituents is 1. The minimum atomic E-state index is -4.13. The highest BCUT2D eigenvalue weighted by Gasteiger charge is 2.28. The van der Waals surface area contributed by atoms with E-state index >= 15 is 0 Å². The van der Waals surface area contributed by atoms with Crippen molar-refractivity contribution in [3.05, 3.63) is 122 Å². The van der Waals surface area contributed by atoms with Gasteiger partial charge in [0.1, 0.15) is 24.7 Å². The van der Waals surface area contributed by atoms with Gasteiger partial charge in [-0.25, -0.2) is 13.8 Å². The summed E-state index contributed by atoms with van der Waals surface area (Å²) in [6.07, 6.45) is 1.42. The Hall–Kier alpha value is -4.75.